The van der Waals surface area contributed by atoms with Crippen LogP contribution in [0.15, 0.2) is 4.99 Å². The second-order valence-electron chi connectivity index (χ2n) is 2.86. The molecule has 0 aromatic carbocycles. The van der Waals surface area contributed by atoms with E-state index in [2.05, 4.69) is 4.99 Å². The molecule has 0 aromatic rings. The summed E-state index contributed by atoms with van der Waals surface area (Å²) in [7, 11) is 0. The Balaban J connectivity index is 3.09. The molecule has 0 saturated carbocycles. The molecule has 0 unspecified atom stereocenters. The Hall–Kier alpha value is -1.26. The summed E-state index contributed by atoms with van der Waals surface area (Å²) in [4.78, 5) is 13.9. The lowest BCUT2D eigenvalue weighted by Crippen LogP contribution is -2.22. The highest BCUT2D eigenvalue weighted by Gasteiger charge is 1.95. The molecule has 5 heteroatoms. The van der Waals surface area contributed by atoms with Crippen molar-refractivity contribution in [1.82, 2.24) is 0 Å². The molecule has 0 heterocycles. The molecule has 0 aliphatic heterocycles. The van der Waals surface area contributed by atoms with Crippen molar-refractivity contribution >= 4 is 11.9 Å². The van der Waals surface area contributed by atoms with E-state index in [0.29, 0.717) is 6.54 Å². The highest BCUT2D eigenvalue weighted by atomic mass is 16.4. The van der Waals surface area contributed by atoms with E-state index in [9.17, 15) is 4.79 Å². The lowest BCUT2D eigenvalue weighted by molar-refractivity contribution is -0.137. The van der Waals surface area contributed by atoms with Gasteiger partial charge in [-0.25, -0.2) is 0 Å². The van der Waals surface area contributed by atoms with Crippen molar-refractivity contribution in [2.24, 2.45) is 16.5 Å². The number of carboxylic acid groups (broad SMARTS) is 1. The van der Waals surface area contributed by atoms with Crippen LogP contribution < -0.4 is 11.5 Å². The van der Waals surface area contributed by atoms with Crippen molar-refractivity contribution < 1.29 is 9.90 Å². The normalized spacial score (nSPS) is 9.54. The van der Waals surface area contributed by atoms with Crippen LogP contribution in [0.3, 0.4) is 0 Å². The zero-order valence-corrected chi connectivity index (χ0v) is 7.70. The van der Waals surface area contributed by atoms with E-state index in [1.54, 1.807) is 0 Å². The molecule has 0 bridgehead atoms. The van der Waals surface area contributed by atoms with E-state index in [0.717, 1.165) is 25.7 Å². The standard InChI is InChI=1S/C8H17N3O2/c9-8(10)11-6-4-2-1-3-5-7(12)13/h1-6H2,(H,12,13)(H4,9,10,11)/i8+2. The van der Waals surface area contributed by atoms with Gasteiger partial charge in [-0.1, -0.05) is 12.8 Å². The molecular formula is C8H17N3O2. The fourth-order valence-corrected chi connectivity index (χ4v) is 0.950. The van der Waals surface area contributed by atoms with Gasteiger partial charge >= 0.3 is 5.97 Å². The zero-order valence-electron chi connectivity index (χ0n) is 7.70. The summed E-state index contributed by atoms with van der Waals surface area (Å²) in [6, 6.07) is 0. The molecule has 5 N–H and O–H groups in total. The number of aliphatic imine (C=N–C) groups is 1. The van der Waals surface area contributed by atoms with Crippen molar-refractivity contribution in [3.8, 4) is 0 Å². The Kier molecular flexibility index (Phi) is 6.68. The Morgan fingerprint density at radius 1 is 1.23 bits per heavy atom. The summed E-state index contributed by atoms with van der Waals surface area (Å²) in [5.41, 5.74) is 10.2. The van der Waals surface area contributed by atoms with Gasteiger partial charge in [-0.15, -0.1) is 0 Å². The van der Waals surface area contributed by atoms with E-state index in [-0.39, 0.29) is 12.4 Å². The Morgan fingerprint density at radius 2 is 1.85 bits per heavy atom. The molecule has 5 nitrogen and oxygen atoms in total. The topological polar surface area (TPSA) is 102 Å². The number of aliphatic carboxylic acids is 1. The van der Waals surface area contributed by atoms with E-state index < -0.39 is 5.97 Å². The van der Waals surface area contributed by atoms with Crippen LogP contribution in [0.2, 0.25) is 0 Å². The smallest absolute Gasteiger partial charge is 0.303 e. The largest absolute Gasteiger partial charge is 0.481 e. The van der Waals surface area contributed by atoms with E-state index in [1.807, 2.05) is 0 Å². The molecule has 0 saturated heterocycles. The number of rotatable bonds is 7. The average molecular weight is 189 g/mol. The summed E-state index contributed by atoms with van der Waals surface area (Å²) >= 11 is 0. The predicted molar refractivity (Wildman–Crippen MR) is 51.4 cm³/mol. The molecule has 0 spiro atoms. The summed E-state index contributed by atoms with van der Waals surface area (Å²) in [6.07, 6.45) is 3.80. The van der Waals surface area contributed by atoms with Gasteiger partial charge in [0.15, 0.2) is 5.96 Å². The van der Waals surface area contributed by atoms with Crippen molar-refractivity contribution in [2.45, 2.75) is 32.1 Å². The SMILES string of the molecule is N[14C](N)=NCCCCCCC(=O)O. The number of hydrogen-bond acceptors (Lipinski definition) is 2. The first-order valence-electron chi connectivity index (χ1n) is 4.40. The summed E-state index contributed by atoms with van der Waals surface area (Å²) in [6.45, 7) is 0.634. The van der Waals surface area contributed by atoms with Crippen LogP contribution in [-0.4, -0.2) is 23.6 Å². The molecule has 0 aromatic heterocycles. The van der Waals surface area contributed by atoms with Gasteiger partial charge in [-0.3, -0.25) is 9.79 Å². The quantitative estimate of drug-likeness (QED) is 0.304. The summed E-state index contributed by atoms with van der Waals surface area (Å²) in [5.74, 6) is -0.616. The Morgan fingerprint density at radius 3 is 2.38 bits per heavy atom. The van der Waals surface area contributed by atoms with E-state index in [1.165, 1.54) is 0 Å². The molecule has 0 aliphatic carbocycles. The third-order valence-corrected chi connectivity index (χ3v) is 1.59. The average Bonchev–Trinajstić information content (AvgIpc) is 2.01. The first-order chi connectivity index (χ1) is 6.13. The van der Waals surface area contributed by atoms with Gasteiger partial charge in [0.05, 0.1) is 0 Å². The van der Waals surface area contributed by atoms with Gasteiger partial charge in [-0.05, 0) is 12.8 Å². The molecule has 76 valence electrons. The molecular weight excluding hydrogens is 172 g/mol. The number of carbonyl (C=O) groups is 1. The molecule has 13 heavy (non-hydrogen) atoms. The Bertz CT molecular complexity index is 176. The maximum absolute atomic E-state index is 10.1. The fourth-order valence-electron chi connectivity index (χ4n) is 0.950. The molecule has 0 amide bonds. The van der Waals surface area contributed by atoms with Gasteiger partial charge in [0, 0.05) is 13.0 Å². The van der Waals surface area contributed by atoms with Crippen LogP contribution >= 0.6 is 0 Å². The highest BCUT2D eigenvalue weighted by Crippen LogP contribution is 2.02. The monoisotopic (exact) mass is 189 g/mol. The lowest BCUT2D eigenvalue weighted by Gasteiger charge is -1.97. The zero-order chi connectivity index (χ0) is 10.1. The van der Waals surface area contributed by atoms with Crippen LogP contribution in [0.5, 0.6) is 0 Å². The number of unbranched alkanes of at least 4 members (excludes halogenated alkanes) is 3. The third kappa shape index (κ3) is 10.7. The van der Waals surface area contributed by atoms with Gasteiger partial charge in [0.2, 0.25) is 0 Å². The maximum atomic E-state index is 10.1. The summed E-state index contributed by atoms with van der Waals surface area (Å²) in [5, 5.41) is 8.33. The van der Waals surface area contributed by atoms with Crippen LogP contribution in [0.25, 0.3) is 0 Å². The third-order valence-electron chi connectivity index (χ3n) is 1.59. The van der Waals surface area contributed by atoms with Crippen LogP contribution in [0.4, 0.5) is 0 Å². The van der Waals surface area contributed by atoms with Gasteiger partial charge in [-0.2, -0.15) is 0 Å². The minimum atomic E-state index is -0.732. The minimum absolute atomic E-state index is 0.116. The molecule has 0 aliphatic rings. The van der Waals surface area contributed by atoms with Crippen LogP contribution in [0.1, 0.15) is 32.1 Å². The highest BCUT2D eigenvalue weighted by molar-refractivity contribution is 5.75. The second-order valence-corrected chi connectivity index (χ2v) is 2.86. The van der Waals surface area contributed by atoms with Crippen molar-refractivity contribution in [1.29, 1.82) is 0 Å². The van der Waals surface area contributed by atoms with E-state index >= 15 is 0 Å². The van der Waals surface area contributed by atoms with Crippen LogP contribution in [-0.2, 0) is 4.79 Å². The Labute approximate surface area is 77.8 Å². The predicted octanol–water partition coefficient (Wildman–Crippen LogP) is 0.295. The number of guanidine groups is 1. The van der Waals surface area contributed by atoms with E-state index in [4.69, 9.17) is 16.6 Å². The first-order valence-corrected chi connectivity index (χ1v) is 4.40. The van der Waals surface area contributed by atoms with Gasteiger partial charge in [0.25, 0.3) is 0 Å². The lowest BCUT2D eigenvalue weighted by atomic mass is 10.1. The van der Waals surface area contributed by atoms with Gasteiger partial charge in [0.1, 0.15) is 0 Å². The summed E-state index contributed by atoms with van der Waals surface area (Å²) < 4.78 is 0. The number of nitrogens with zero attached hydrogens (tertiary/aromatic N) is 1. The van der Waals surface area contributed by atoms with Gasteiger partial charge < -0.3 is 16.6 Å². The first kappa shape index (κ1) is 11.7. The molecule has 0 atom stereocenters. The van der Waals surface area contributed by atoms with Crippen molar-refractivity contribution in [3.63, 3.8) is 0 Å². The molecule has 0 radical (unpaired) electrons. The molecule has 0 rings (SSSR count). The fraction of sp³-hybridized carbons (Fsp3) is 0.750. The van der Waals surface area contributed by atoms with Crippen molar-refractivity contribution in [2.75, 3.05) is 6.54 Å². The maximum Gasteiger partial charge on any atom is 0.303 e. The number of carboxylic acids is 1. The number of hydrogen-bond donors (Lipinski definition) is 3. The number of nitrogens with two attached hydrogens (primary N) is 2. The molecule has 0 fully saturated rings. The second kappa shape index (κ2) is 7.39. The minimum Gasteiger partial charge on any atom is -0.481 e. The van der Waals surface area contributed by atoms with Crippen molar-refractivity contribution in [3.05, 3.63) is 0 Å². The van der Waals surface area contributed by atoms with Crippen LogP contribution in [0, 0.1) is 0 Å².